The molecule has 2 amide bonds. The van der Waals surface area contributed by atoms with Crippen molar-refractivity contribution in [2.24, 2.45) is 0 Å². The minimum absolute atomic E-state index is 0.00887. The van der Waals surface area contributed by atoms with Crippen LogP contribution in [0, 0.1) is 12.7 Å². The molecule has 1 aromatic heterocycles. The van der Waals surface area contributed by atoms with E-state index in [1.807, 2.05) is 0 Å². The fourth-order valence-electron chi connectivity index (χ4n) is 2.82. The van der Waals surface area contributed by atoms with Gasteiger partial charge in [-0.25, -0.2) is 9.37 Å². The van der Waals surface area contributed by atoms with Crippen LogP contribution in [0.25, 0.3) is 10.9 Å². The van der Waals surface area contributed by atoms with Crippen LogP contribution in [-0.4, -0.2) is 29.2 Å². The van der Waals surface area contributed by atoms with Gasteiger partial charge in [-0.3, -0.25) is 24.3 Å². The minimum atomic E-state index is -1.75. The minimum Gasteiger partial charge on any atom is -0.398 e. The van der Waals surface area contributed by atoms with Crippen LogP contribution < -0.4 is 16.6 Å². The Morgan fingerprint density at radius 3 is 2.74 bits per heavy atom. The maximum absolute atomic E-state index is 13.4. The van der Waals surface area contributed by atoms with Crippen LogP contribution in [0.4, 0.5) is 10.1 Å². The number of halogens is 1. The Kier molecular flexibility index (Phi) is 3.24. The standard InChI is InChI=1S/C14H12BFN4O3/c1-6-18-9-5-7(16)4-8(17)11(9)12(22)20(6)14(15)3-2-10(21)19-13(14)23/h4-5H,2-3,17H2,1H3,(H,19,21,23)/t14-/m0/s1. The fourth-order valence-corrected chi connectivity index (χ4v) is 2.82. The molecule has 2 radical (unpaired) electrons. The first-order valence-corrected chi connectivity index (χ1v) is 6.86. The van der Waals surface area contributed by atoms with Gasteiger partial charge in [0.2, 0.25) is 11.8 Å². The molecule has 2 aromatic rings. The van der Waals surface area contributed by atoms with Crippen LogP contribution in [0.15, 0.2) is 16.9 Å². The number of rotatable bonds is 1. The third kappa shape index (κ3) is 2.19. The van der Waals surface area contributed by atoms with E-state index in [4.69, 9.17) is 13.6 Å². The first-order chi connectivity index (χ1) is 10.7. The lowest BCUT2D eigenvalue weighted by molar-refractivity contribution is -0.137. The number of fused-ring (bicyclic) bond motifs is 1. The smallest absolute Gasteiger partial charge is 0.263 e. The third-order valence-electron chi connectivity index (χ3n) is 3.91. The first kappa shape index (κ1) is 15.2. The van der Waals surface area contributed by atoms with E-state index < -0.39 is 28.6 Å². The Labute approximate surface area is 131 Å². The predicted molar refractivity (Wildman–Crippen MR) is 81.2 cm³/mol. The highest BCUT2D eigenvalue weighted by Crippen LogP contribution is 2.25. The quantitative estimate of drug-likeness (QED) is 0.426. The summed E-state index contributed by atoms with van der Waals surface area (Å²) in [6, 6.07) is 2.08. The highest BCUT2D eigenvalue weighted by Gasteiger charge is 2.41. The monoisotopic (exact) mass is 314 g/mol. The zero-order chi connectivity index (χ0) is 16.9. The van der Waals surface area contributed by atoms with Crippen LogP contribution in [0.3, 0.4) is 0 Å². The van der Waals surface area contributed by atoms with E-state index in [2.05, 4.69) is 10.3 Å². The van der Waals surface area contributed by atoms with Crippen LogP contribution in [0.2, 0.25) is 0 Å². The molecule has 0 aliphatic carbocycles. The number of hydrogen-bond acceptors (Lipinski definition) is 5. The molecule has 0 spiro atoms. The van der Waals surface area contributed by atoms with E-state index in [1.54, 1.807) is 0 Å². The molecule has 23 heavy (non-hydrogen) atoms. The Balaban J connectivity index is 2.33. The molecule has 0 bridgehead atoms. The van der Waals surface area contributed by atoms with Crippen molar-refractivity contribution in [2.75, 3.05) is 5.73 Å². The second-order valence-corrected chi connectivity index (χ2v) is 5.49. The number of nitrogens with zero attached hydrogens (tertiary/aromatic N) is 2. The number of imide groups is 1. The summed E-state index contributed by atoms with van der Waals surface area (Å²) in [5.41, 5.74) is 3.29. The van der Waals surface area contributed by atoms with E-state index in [0.717, 1.165) is 16.7 Å². The number of carbonyl (C=O) groups excluding carboxylic acids is 2. The lowest BCUT2D eigenvalue weighted by Gasteiger charge is -2.35. The summed E-state index contributed by atoms with van der Waals surface area (Å²) in [7, 11) is 6.10. The summed E-state index contributed by atoms with van der Waals surface area (Å²) in [5, 5.41) is 2.09. The number of nitrogens with one attached hydrogen (secondary N) is 1. The zero-order valence-electron chi connectivity index (χ0n) is 12.2. The Hall–Kier alpha value is -2.71. The second-order valence-electron chi connectivity index (χ2n) is 5.49. The van der Waals surface area contributed by atoms with Crippen molar-refractivity contribution in [2.45, 2.75) is 25.2 Å². The summed E-state index contributed by atoms with van der Waals surface area (Å²) < 4.78 is 14.4. The normalized spacial score (nSPS) is 21.5. The lowest BCUT2D eigenvalue weighted by Crippen LogP contribution is -2.58. The Morgan fingerprint density at radius 1 is 1.39 bits per heavy atom. The zero-order valence-corrected chi connectivity index (χ0v) is 12.2. The molecule has 116 valence electrons. The molecule has 1 fully saturated rings. The maximum atomic E-state index is 13.4. The highest BCUT2D eigenvalue weighted by atomic mass is 19.1. The number of amides is 2. The lowest BCUT2D eigenvalue weighted by atomic mass is 9.71. The first-order valence-electron chi connectivity index (χ1n) is 6.86. The molecular formula is C14H12BFN4O3. The number of aromatic nitrogens is 2. The van der Waals surface area contributed by atoms with E-state index in [-0.39, 0.29) is 35.3 Å². The average Bonchev–Trinajstić information content (AvgIpc) is 2.42. The number of piperidine rings is 1. The number of aryl methyl sites for hydroxylation is 1. The van der Waals surface area contributed by atoms with Crippen LogP contribution in [0.1, 0.15) is 18.7 Å². The molecule has 1 aliphatic rings. The van der Waals surface area contributed by atoms with Gasteiger partial charge in [0.15, 0.2) is 0 Å². The highest BCUT2D eigenvalue weighted by molar-refractivity contribution is 6.28. The topological polar surface area (TPSA) is 107 Å². The Bertz CT molecular complexity index is 926. The predicted octanol–water partition coefficient (Wildman–Crippen LogP) is -0.316. The van der Waals surface area contributed by atoms with Crippen molar-refractivity contribution in [3.05, 3.63) is 34.1 Å². The molecule has 1 aliphatic heterocycles. The van der Waals surface area contributed by atoms with Crippen molar-refractivity contribution in [1.29, 1.82) is 0 Å². The number of carbonyl (C=O) groups is 2. The second kappa shape index (κ2) is 4.90. The molecule has 7 nitrogen and oxygen atoms in total. The molecular weight excluding hydrogens is 302 g/mol. The number of benzene rings is 1. The van der Waals surface area contributed by atoms with Crippen molar-refractivity contribution in [3.8, 4) is 0 Å². The van der Waals surface area contributed by atoms with Gasteiger partial charge in [-0.1, -0.05) is 0 Å². The number of nitrogens with two attached hydrogens (primary N) is 1. The van der Waals surface area contributed by atoms with Crippen molar-refractivity contribution in [1.82, 2.24) is 14.9 Å². The molecule has 2 heterocycles. The van der Waals surface area contributed by atoms with Gasteiger partial charge in [0.25, 0.3) is 5.56 Å². The fraction of sp³-hybridized carbons (Fsp3) is 0.286. The number of hydrogen-bond donors (Lipinski definition) is 2. The van der Waals surface area contributed by atoms with Gasteiger partial charge in [0, 0.05) is 18.2 Å². The van der Waals surface area contributed by atoms with Crippen LogP contribution in [-0.2, 0) is 15.0 Å². The molecule has 0 unspecified atom stereocenters. The van der Waals surface area contributed by atoms with Gasteiger partial charge >= 0.3 is 0 Å². The molecule has 1 saturated heterocycles. The molecule has 3 N–H and O–H groups in total. The molecule has 0 saturated carbocycles. The molecule has 3 rings (SSSR count). The van der Waals surface area contributed by atoms with Gasteiger partial charge < -0.3 is 5.73 Å². The summed E-state index contributed by atoms with van der Waals surface area (Å²) in [6.45, 7) is 1.47. The van der Waals surface area contributed by atoms with Crippen LogP contribution in [0.5, 0.6) is 0 Å². The number of anilines is 1. The van der Waals surface area contributed by atoms with Crippen LogP contribution >= 0.6 is 0 Å². The summed E-state index contributed by atoms with van der Waals surface area (Å²) in [5.74, 6) is -1.75. The van der Waals surface area contributed by atoms with E-state index in [9.17, 15) is 18.8 Å². The summed E-state index contributed by atoms with van der Waals surface area (Å²) >= 11 is 0. The van der Waals surface area contributed by atoms with Crippen molar-refractivity contribution >= 4 is 36.3 Å². The SMILES string of the molecule is [B][C@]1(n2c(C)nc3cc(F)cc(N)c3c2=O)CCC(=O)NC1=O. The van der Waals surface area contributed by atoms with Gasteiger partial charge in [-0.2, -0.15) is 0 Å². The Morgan fingerprint density at radius 2 is 2.09 bits per heavy atom. The molecule has 9 heteroatoms. The molecule has 1 aromatic carbocycles. The molecule has 1 atom stereocenters. The van der Waals surface area contributed by atoms with Crippen molar-refractivity contribution in [3.63, 3.8) is 0 Å². The maximum Gasteiger partial charge on any atom is 0.263 e. The van der Waals surface area contributed by atoms with Gasteiger partial charge in [0.1, 0.15) is 19.5 Å². The number of nitrogen functional groups attached to an aromatic ring is 1. The van der Waals surface area contributed by atoms with E-state index in [1.165, 1.54) is 6.92 Å². The van der Waals surface area contributed by atoms with Gasteiger partial charge in [-0.15, -0.1) is 0 Å². The van der Waals surface area contributed by atoms with E-state index >= 15 is 0 Å². The van der Waals surface area contributed by atoms with Gasteiger partial charge in [-0.05, 0) is 19.4 Å². The van der Waals surface area contributed by atoms with E-state index in [0.29, 0.717) is 0 Å². The average molecular weight is 314 g/mol. The van der Waals surface area contributed by atoms with Crippen molar-refractivity contribution < 1.29 is 14.0 Å². The largest absolute Gasteiger partial charge is 0.398 e. The summed E-state index contributed by atoms with van der Waals surface area (Å²) in [6.07, 6.45) is -0.0578. The van der Waals surface area contributed by atoms with Gasteiger partial charge in [0.05, 0.1) is 16.3 Å². The summed E-state index contributed by atoms with van der Waals surface area (Å²) in [4.78, 5) is 40.4. The third-order valence-corrected chi connectivity index (χ3v) is 3.91.